The smallest absolute Gasteiger partial charge is 0.306 e. The Morgan fingerprint density at radius 2 is 1.82 bits per heavy atom. The molecule has 2 N–H and O–H groups in total. The highest BCUT2D eigenvalue weighted by atomic mass is 16.4. The summed E-state index contributed by atoms with van der Waals surface area (Å²) >= 11 is 0. The molecule has 0 amide bonds. The van der Waals surface area contributed by atoms with E-state index in [-0.39, 0.29) is 17.9 Å². The van der Waals surface area contributed by atoms with Crippen molar-refractivity contribution in [2.45, 2.75) is 124 Å². The second-order valence-corrected chi connectivity index (χ2v) is 11.1. The molecule has 0 saturated heterocycles. The molecular formula is C29H49NO4. The fourth-order valence-corrected chi connectivity index (χ4v) is 4.77. The topological polar surface area (TPSA) is 87.0 Å². The molecule has 1 rings (SSSR count). The third-order valence-corrected chi connectivity index (χ3v) is 7.88. The van der Waals surface area contributed by atoms with E-state index in [1.807, 2.05) is 6.92 Å². The zero-order valence-electron chi connectivity index (χ0n) is 22.7. The molecule has 5 atom stereocenters. The largest absolute Gasteiger partial charge is 0.481 e. The monoisotopic (exact) mass is 475 g/mol. The van der Waals surface area contributed by atoms with E-state index >= 15 is 0 Å². The molecule has 0 aromatic heterocycles. The maximum Gasteiger partial charge on any atom is 0.306 e. The van der Waals surface area contributed by atoms with Crippen molar-refractivity contribution < 1.29 is 15.0 Å². The van der Waals surface area contributed by atoms with Crippen LogP contribution in [0.4, 0.5) is 0 Å². The summed E-state index contributed by atoms with van der Waals surface area (Å²) in [4.78, 5) is 22.1. The normalized spacial score (nSPS) is 22.7. The molecule has 0 aliphatic heterocycles. The molecule has 34 heavy (non-hydrogen) atoms. The Balaban J connectivity index is 2.32. The molecule has 1 aliphatic rings. The number of hydrogen-bond donors (Lipinski definition) is 2. The first kappa shape index (κ1) is 30.3. The number of aliphatic hydroxyl groups is 1. The van der Waals surface area contributed by atoms with Gasteiger partial charge in [0.05, 0.1) is 11.5 Å². The minimum Gasteiger partial charge on any atom is -0.481 e. The lowest BCUT2D eigenvalue weighted by Gasteiger charge is -2.26. The van der Waals surface area contributed by atoms with E-state index in [1.54, 1.807) is 6.92 Å². The average Bonchev–Trinajstić information content (AvgIpc) is 2.76. The van der Waals surface area contributed by atoms with Crippen molar-refractivity contribution in [3.63, 3.8) is 0 Å². The standard InChI is InChI=1S/C29H49NO4/c1-20(13-9-17-29(7,33)18-10-14-22(3)28(31)32)11-8-12-21(2)15-16-26-19-27(30-34)25(6)23(4)24(26)5/h11,19,21-22,25,27,33H,8-10,12-18H2,1-7H3,(H,31,32)/b20-11+. The number of nitroso groups, excluding NO2 is 1. The van der Waals surface area contributed by atoms with Crippen LogP contribution in [0.2, 0.25) is 0 Å². The maximum absolute atomic E-state index is 11.2. The van der Waals surface area contributed by atoms with E-state index in [0.29, 0.717) is 18.8 Å². The SMILES string of the molecule is CC1=C(C)C(C)C(N=O)C=C1CCC(C)CC/C=C(\C)CCCC(C)(O)CCCC(C)C(=O)O. The highest BCUT2D eigenvalue weighted by Gasteiger charge is 2.25. The third-order valence-electron chi connectivity index (χ3n) is 7.88. The van der Waals surface area contributed by atoms with Gasteiger partial charge < -0.3 is 10.2 Å². The minimum atomic E-state index is -0.763. The fraction of sp³-hybridized carbons (Fsp3) is 0.759. The lowest BCUT2D eigenvalue weighted by molar-refractivity contribution is -0.141. The number of hydrogen-bond acceptors (Lipinski definition) is 4. The predicted molar refractivity (Wildman–Crippen MR) is 142 cm³/mol. The average molecular weight is 476 g/mol. The van der Waals surface area contributed by atoms with Gasteiger partial charge in [-0.3, -0.25) is 4.79 Å². The molecule has 5 heteroatoms. The van der Waals surface area contributed by atoms with Crippen molar-refractivity contribution >= 4 is 5.97 Å². The summed E-state index contributed by atoms with van der Waals surface area (Å²) in [5.41, 5.74) is 4.58. The predicted octanol–water partition coefficient (Wildman–Crippen LogP) is 7.99. The van der Waals surface area contributed by atoms with Crippen molar-refractivity contribution in [1.29, 1.82) is 0 Å². The van der Waals surface area contributed by atoms with Gasteiger partial charge in [-0.25, -0.2) is 0 Å². The third kappa shape index (κ3) is 10.7. The van der Waals surface area contributed by atoms with Crippen molar-refractivity contribution in [2.24, 2.45) is 22.9 Å². The van der Waals surface area contributed by atoms with Crippen LogP contribution in [0.25, 0.3) is 0 Å². The Morgan fingerprint density at radius 3 is 2.44 bits per heavy atom. The zero-order chi connectivity index (χ0) is 25.9. The number of nitrogens with zero attached hydrogens (tertiary/aromatic N) is 1. The first-order valence-electron chi connectivity index (χ1n) is 13.2. The van der Waals surface area contributed by atoms with Gasteiger partial charge in [0.15, 0.2) is 0 Å². The molecule has 0 bridgehead atoms. The number of allylic oxidation sites excluding steroid dienone is 4. The van der Waals surface area contributed by atoms with Gasteiger partial charge >= 0.3 is 5.97 Å². The summed E-state index contributed by atoms with van der Waals surface area (Å²) in [6, 6.07) is -0.228. The van der Waals surface area contributed by atoms with E-state index in [9.17, 15) is 14.8 Å². The van der Waals surface area contributed by atoms with Gasteiger partial charge in [0.1, 0.15) is 6.04 Å². The van der Waals surface area contributed by atoms with Crippen molar-refractivity contribution in [1.82, 2.24) is 0 Å². The number of carboxylic acid groups (broad SMARTS) is 1. The van der Waals surface area contributed by atoms with E-state index < -0.39 is 11.6 Å². The van der Waals surface area contributed by atoms with Gasteiger partial charge in [-0.15, -0.1) is 0 Å². The number of aliphatic carboxylic acids is 1. The highest BCUT2D eigenvalue weighted by Crippen LogP contribution is 2.34. The van der Waals surface area contributed by atoms with Gasteiger partial charge in [-0.2, -0.15) is 4.91 Å². The second-order valence-electron chi connectivity index (χ2n) is 11.1. The van der Waals surface area contributed by atoms with Crippen molar-refractivity contribution in [3.8, 4) is 0 Å². The Labute approximate surface area is 207 Å². The lowest BCUT2D eigenvalue weighted by Crippen LogP contribution is -2.24. The van der Waals surface area contributed by atoms with Gasteiger partial charge in [0, 0.05) is 5.92 Å². The Bertz CT molecular complexity index is 762. The second kappa shape index (κ2) is 14.6. The van der Waals surface area contributed by atoms with Crippen LogP contribution < -0.4 is 0 Å². The Morgan fingerprint density at radius 1 is 1.18 bits per heavy atom. The van der Waals surface area contributed by atoms with E-state index in [0.717, 1.165) is 51.4 Å². The maximum atomic E-state index is 11.2. The summed E-state index contributed by atoms with van der Waals surface area (Å²) in [6.07, 6.45) is 13.4. The quantitative estimate of drug-likeness (QED) is 0.175. The van der Waals surface area contributed by atoms with Crippen LogP contribution in [0.15, 0.2) is 39.6 Å². The Hall–Kier alpha value is -1.75. The van der Waals surface area contributed by atoms with Crippen LogP contribution in [-0.4, -0.2) is 27.8 Å². The molecule has 194 valence electrons. The molecule has 0 aromatic rings. The van der Waals surface area contributed by atoms with Crippen molar-refractivity contribution in [3.05, 3.63) is 39.4 Å². The summed E-state index contributed by atoms with van der Waals surface area (Å²) in [5, 5.41) is 22.9. The molecule has 5 unspecified atom stereocenters. The van der Waals surface area contributed by atoms with Gasteiger partial charge in [-0.05, 0) is 109 Å². The molecule has 1 aliphatic carbocycles. The van der Waals surface area contributed by atoms with Gasteiger partial charge in [-0.1, -0.05) is 49.2 Å². The van der Waals surface area contributed by atoms with Gasteiger partial charge in [0.25, 0.3) is 0 Å². The molecule has 0 heterocycles. The first-order chi connectivity index (χ1) is 15.9. The van der Waals surface area contributed by atoms with Crippen LogP contribution in [0.3, 0.4) is 0 Å². The highest BCUT2D eigenvalue weighted by molar-refractivity contribution is 5.69. The Kier molecular flexibility index (Phi) is 13.0. The summed E-state index contributed by atoms with van der Waals surface area (Å²) in [7, 11) is 0. The number of carboxylic acids is 1. The zero-order valence-corrected chi connectivity index (χ0v) is 22.7. The van der Waals surface area contributed by atoms with Crippen LogP contribution in [0.1, 0.15) is 113 Å². The molecule has 5 nitrogen and oxygen atoms in total. The summed E-state index contributed by atoms with van der Waals surface area (Å²) < 4.78 is 0. The molecule has 0 fully saturated rings. The van der Waals surface area contributed by atoms with E-state index in [2.05, 4.69) is 51.9 Å². The molecule has 0 aromatic carbocycles. The molecule has 0 saturated carbocycles. The molecule has 0 spiro atoms. The summed E-state index contributed by atoms with van der Waals surface area (Å²) in [6.45, 7) is 14.4. The number of carbonyl (C=O) groups is 1. The molecule has 0 radical (unpaired) electrons. The van der Waals surface area contributed by atoms with Crippen LogP contribution >= 0.6 is 0 Å². The van der Waals surface area contributed by atoms with E-state index in [4.69, 9.17) is 5.11 Å². The minimum absolute atomic E-state index is 0.205. The van der Waals surface area contributed by atoms with Crippen LogP contribution in [0, 0.1) is 22.7 Å². The van der Waals surface area contributed by atoms with Crippen LogP contribution in [0.5, 0.6) is 0 Å². The van der Waals surface area contributed by atoms with E-state index in [1.165, 1.54) is 22.3 Å². The summed E-state index contributed by atoms with van der Waals surface area (Å²) in [5.74, 6) is -0.284. The first-order valence-corrected chi connectivity index (χ1v) is 13.2. The van der Waals surface area contributed by atoms with Crippen molar-refractivity contribution in [2.75, 3.05) is 0 Å². The fourth-order valence-electron chi connectivity index (χ4n) is 4.77. The number of rotatable bonds is 16. The lowest BCUT2D eigenvalue weighted by atomic mass is 9.80. The van der Waals surface area contributed by atoms with Crippen LogP contribution in [-0.2, 0) is 4.79 Å². The van der Waals surface area contributed by atoms with Gasteiger partial charge in [0.2, 0.25) is 0 Å². The molecular weight excluding hydrogens is 426 g/mol.